The molecule has 23 heavy (non-hydrogen) atoms. The predicted octanol–water partition coefficient (Wildman–Crippen LogP) is 3.00. The van der Waals surface area contributed by atoms with Gasteiger partial charge in [0, 0.05) is 23.4 Å². The van der Waals surface area contributed by atoms with Crippen molar-refractivity contribution >= 4 is 37.7 Å². The van der Waals surface area contributed by atoms with Crippen LogP contribution in [0.4, 0.5) is 22.7 Å². The van der Waals surface area contributed by atoms with Gasteiger partial charge in [0.1, 0.15) is 0 Å². The van der Waals surface area contributed by atoms with Crippen LogP contribution in [0.1, 0.15) is 6.42 Å². The fourth-order valence-electron chi connectivity index (χ4n) is 2.32. The molecule has 0 bridgehead atoms. The Morgan fingerprint density at radius 3 is 2.57 bits per heavy atom. The van der Waals surface area contributed by atoms with Crippen molar-refractivity contribution in [2.75, 3.05) is 17.2 Å². The van der Waals surface area contributed by atoms with Gasteiger partial charge in [0.15, 0.2) is 5.75 Å². The average molecular weight is 420 g/mol. The summed E-state index contributed by atoms with van der Waals surface area (Å²) in [7, 11) is -4.78. The van der Waals surface area contributed by atoms with E-state index in [2.05, 4.69) is 20.7 Å². The molecule has 1 unspecified atom stereocenters. The second kappa shape index (κ2) is 6.27. The van der Waals surface area contributed by atoms with Gasteiger partial charge in [-0.25, -0.2) is 0 Å². The zero-order chi connectivity index (χ0) is 17.4. The van der Waals surface area contributed by atoms with E-state index in [-0.39, 0.29) is 18.7 Å². The predicted molar refractivity (Wildman–Crippen MR) is 76.2 cm³/mol. The summed E-state index contributed by atoms with van der Waals surface area (Å²) in [5.41, 5.74) is -0.158. The SMILES string of the molecule is O=C1CC(CS(=O)(=O)F)CN1c1ccc(Br)cc1OC(F)(F)F. The summed E-state index contributed by atoms with van der Waals surface area (Å²) >= 11 is 3.00. The maximum atomic E-state index is 12.7. The van der Waals surface area contributed by atoms with E-state index in [0.717, 1.165) is 11.0 Å². The van der Waals surface area contributed by atoms with Gasteiger partial charge in [-0.2, -0.15) is 8.42 Å². The lowest BCUT2D eigenvalue weighted by Gasteiger charge is -2.21. The Morgan fingerprint density at radius 1 is 1.35 bits per heavy atom. The monoisotopic (exact) mass is 419 g/mol. The maximum absolute atomic E-state index is 12.7. The molecule has 0 radical (unpaired) electrons. The van der Waals surface area contributed by atoms with Crippen LogP contribution in [0.5, 0.6) is 5.75 Å². The lowest BCUT2D eigenvalue weighted by atomic mass is 10.1. The molecule has 2 rings (SSSR count). The van der Waals surface area contributed by atoms with Crippen LogP contribution >= 0.6 is 15.9 Å². The highest BCUT2D eigenvalue weighted by Gasteiger charge is 2.37. The molecule has 5 nitrogen and oxygen atoms in total. The minimum absolute atomic E-state index is 0.158. The first kappa shape index (κ1) is 18.0. The highest BCUT2D eigenvalue weighted by atomic mass is 79.9. The van der Waals surface area contributed by atoms with Gasteiger partial charge >= 0.3 is 16.6 Å². The normalized spacial score (nSPS) is 19.3. The van der Waals surface area contributed by atoms with Crippen molar-refractivity contribution in [1.82, 2.24) is 0 Å². The first-order valence-electron chi connectivity index (χ1n) is 6.22. The Bertz CT molecular complexity index is 722. The number of hydrogen-bond acceptors (Lipinski definition) is 4. The summed E-state index contributed by atoms with van der Waals surface area (Å²) in [6, 6.07) is 3.68. The molecule has 0 saturated carbocycles. The van der Waals surface area contributed by atoms with E-state index in [4.69, 9.17) is 0 Å². The Hall–Kier alpha value is -1.36. The van der Waals surface area contributed by atoms with E-state index in [1.807, 2.05) is 0 Å². The average Bonchev–Trinajstić information content (AvgIpc) is 2.65. The molecule has 1 aromatic rings. The topological polar surface area (TPSA) is 63.7 Å². The van der Waals surface area contributed by atoms with Crippen molar-refractivity contribution in [2.24, 2.45) is 5.92 Å². The van der Waals surface area contributed by atoms with Gasteiger partial charge in [-0.15, -0.1) is 17.1 Å². The molecule has 1 fully saturated rings. The fourth-order valence-corrected chi connectivity index (χ4v) is 3.45. The van der Waals surface area contributed by atoms with Crippen LogP contribution in [0.3, 0.4) is 0 Å². The summed E-state index contributed by atoms with van der Waals surface area (Å²) in [5, 5.41) is 0. The van der Waals surface area contributed by atoms with Crippen LogP contribution in [0.2, 0.25) is 0 Å². The Labute approximate surface area is 137 Å². The number of carbonyl (C=O) groups is 1. The maximum Gasteiger partial charge on any atom is 0.573 e. The number of benzene rings is 1. The number of hydrogen-bond donors (Lipinski definition) is 0. The third kappa shape index (κ3) is 5.06. The molecule has 0 spiro atoms. The van der Waals surface area contributed by atoms with Crippen LogP contribution < -0.4 is 9.64 Å². The van der Waals surface area contributed by atoms with Crippen molar-refractivity contribution in [3.8, 4) is 5.75 Å². The van der Waals surface area contributed by atoms with Crippen LogP contribution in [0, 0.1) is 5.92 Å². The Balaban J connectivity index is 2.29. The summed E-state index contributed by atoms with van der Waals surface area (Å²) < 4.78 is 75.6. The molecule has 0 aliphatic carbocycles. The van der Waals surface area contributed by atoms with Gasteiger partial charge in [-0.1, -0.05) is 15.9 Å². The summed E-state index contributed by atoms with van der Waals surface area (Å²) in [6.45, 7) is -0.210. The van der Waals surface area contributed by atoms with Crippen LogP contribution in [0.25, 0.3) is 0 Å². The van der Waals surface area contributed by atoms with Crippen molar-refractivity contribution in [1.29, 1.82) is 0 Å². The van der Waals surface area contributed by atoms with Crippen LogP contribution in [0.15, 0.2) is 22.7 Å². The van der Waals surface area contributed by atoms with E-state index in [9.17, 15) is 30.3 Å². The van der Waals surface area contributed by atoms with Gasteiger partial charge in [0.2, 0.25) is 5.91 Å². The third-order valence-corrected chi connectivity index (χ3v) is 4.44. The molecule has 1 aliphatic rings. The molecule has 0 aromatic heterocycles. The van der Waals surface area contributed by atoms with E-state index >= 15 is 0 Å². The molecule has 1 aliphatic heterocycles. The number of carbonyl (C=O) groups excluding carboxylic acids is 1. The second-order valence-corrected chi connectivity index (χ2v) is 7.27. The van der Waals surface area contributed by atoms with Gasteiger partial charge in [0.05, 0.1) is 11.4 Å². The summed E-state index contributed by atoms with van der Waals surface area (Å²) in [5.74, 6) is -2.90. The number of amides is 1. The molecular weight excluding hydrogens is 410 g/mol. The summed E-state index contributed by atoms with van der Waals surface area (Å²) in [4.78, 5) is 12.9. The molecule has 1 heterocycles. The van der Waals surface area contributed by atoms with Crippen LogP contribution in [-0.2, 0) is 15.0 Å². The quantitative estimate of drug-likeness (QED) is 0.555. The molecule has 1 atom stereocenters. The van der Waals surface area contributed by atoms with Crippen molar-refractivity contribution in [2.45, 2.75) is 12.8 Å². The summed E-state index contributed by atoms with van der Waals surface area (Å²) in [6.07, 6.45) is -5.23. The van der Waals surface area contributed by atoms with E-state index < -0.39 is 39.9 Å². The molecular formula is C12H10BrF4NO4S. The lowest BCUT2D eigenvalue weighted by Crippen LogP contribution is -2.27. The number of nitrogens with zero attached hydrogens (tertiary/aromatic N) is 1. The minimum atomic E-state index is -4.96. The minimum Gasteiger partial charge on any atom is -0.404 e. The van der Waals surface area contributed by atoms with Crippen LogP contribution in [-0.4, -0.2) is 33.0 Å². The van der Waals surface area contributed by atoms with Gasteiger partial charge < -0.3 is 9.64 Å². The smallest absolute Gasteiger partial charge is 0.404 e. The van der Waals surface area contributed by atoms with E-state index in [1.54, 1.807) is 0 Å². The second-order valence-electron chi connectivity index (χ2n) is 4.94. The largest absolute Gasteiger partial charge is 0.573 e. The van der Waals surface area contributed by atoms with E-state index in [1.165, 1.54) is 12.1 Å². The zero-order valence-electron chi connectivity index (χ0n) is 11.3. The van der Waals surface area contributed by atoms with Crippen molar-refractivity contribution in [3.63, 3.8) is 0 Å². The third-order valence-electron chi connectivity index (χ3n) is 3.08. The number of halogens is 5. The number of alkyl halides is 3. The van der Waals surface area contributed by atoms with E-state index in [0.29, 0.717) is 4.47 Å². The van der Waals surface area contributed by atoms with Gasteiger partial charge in [-0.3, -0.25) is 4.79 Å². The fraction of sp³-hybridized carbons (Fsp3) is 0.417. The number of rotatable bonds is 4. The first-order chi connectivity index (χ1) is 10.4. The highest BCUT2D eigenvalue weighted by molar-refractivity contribution is 9.10. The van der Waals surface area contributed by atoms with Crippen molar-refractivity contribution < 1.29 is 35.0 Å². The zero-order valence-corrected chi connectivity index (χ0v) is 13.7. The molecule has 128 valence electrons. The lowest BCUT2D eigenvalue weighted by molar-refractivity contribution is -0.274. The van der Waals surface area contributed by atoms with Gasteiger partial charge in [-0.05, 0) is 18.2 Å². The van der Waals surface area contributed by atoms with Crippen molar-refractivity contribution in [3.05, 3.63) is 22.7 Å². The standard InChI is InChI=1S/C12H10BrF4NO4S/c13-8-1-2-9(10(4-8)22-12(14,15)16)18-5-7(3-11(18)19)6-23(17,20)21/h1-2,4,7H,3,5-6H2. The van der Waals surface area contributed by atoms with Gasteiger partial charge in [0.25, 0.3) is 0 Å². The molecule has 1 saturated heterocycles. The molecule has 1 aromatic carbocycles. The molecule has 0 N–H and O–H groups in total. The molecule has 11 heteroatoms. The first-order valence-corrected chi connectivity index (χ1v) is 8.57. The Kier molecular flexibility index (Phi) is 4.90. The highest BCUT2D eigenvalue weighted by Crippen LogP contribution is 2.38. The Morgan fingerprint density at radius 2 is 2.00 bits per heavy atom. The number of ether oxygens (including phenoxy) is 1. The number of anilines is 1. The molecule has 1 amide bonds.